The normalized spacial score (nSPS) is 15.1. The van der Waals surface area contributed by atoms with Crippen molar-refractivity contribution in [3.05, 3.63) is 53.1 Å². The number of piperazine rings is 1. The van der Waals surface area contributed by atoms with Crippen molar-refractivity contribution in [1.82, 2.24) is 15.1 Å². The van der Waals surface area contributed by atoms with Gasteiger partial charge in [0.05, 0.1) is 11.1 Å². The molecular formula is C21H23ClN4O2. The largest absolute Gasteiger partial charge is 0.491 e. The highest BCUT2D eigenvalue weighted by molar-refractivity contribution is 6.31. The van der Waals surface area contributed by atoms with Gasteiger partial charge in [-0.15, -0.1) is 0 Å². The predicted octanol–water partition coefficient (Wildman–Crippen LogP) is 3.62. The van der Waals surface area contributed by atoms with Gasteiger partial charge < -0.3 is 9.64 Å². The van der Waals surface area contributed by atoms with Gasteiger partial charge in [-0.1, -0.05) is 23.7 Å². The molecule has 3 aromatic rings. The molecule has 1 aliphatic heterocycles. The van der Waals surface area contributed by atoms with Crippen molar-refractivity contribution in [2.75, 3.05) is 44.2 Å². The summed E-state index contributed by atoms with van der Waals surface area (Å²) in [6.45, 7) is 6.66. The standard InChI is InChI=1S/C21H23ClN4O2/c1-15(27)17-4-2-3-5-20(17)28-13-12-25-8-10-26(11-9-25)21-18-7-6-16(22)14-19(18)23-24-21/h2-7,14H,8-13H2,1H3,(H,23,24). The number of carbonyl (C=O) groups excluding carboxylic acids is 1. The summed E-state index contributed by atoms with van der Waals surface area (Å²) in [7, 11) is 0. The SMILES string of the molecule is CC(=O)c1ccccc1OCCN1CCN(c2n[nH]c3cc(Cl)ccc23)CC1. The number of nitrogens with zero attached hydrogens (tertiary/aromatic N) is 3. The van der Waals surface area contributed by atoms with Crippen molar-refractivity contribution in [1.29, 1.82) is 0 Å². The molecule has 4 rings (SSSR count). The molecule has 1 N–H and O–H groups in total. The number of para-hydroxylation sites is 1. The number of fused-ring (bicyclic) bond motifs is 1. The van der Waals surface area contributed by atoms with Gasteiger partial charge >= 0.3 is 0 Å². The summed E-state index contributed by atoms with van der Waals surface area (Å²) in [6, 6.07) is 13.2. The maximum Gasteiger partial charge on any atom is 0.163 e. The first-order valence-electron chi connectivity index (χ1n) is 9.45. The molecule has 146 valence electrons. The van der Waals surface area contributed by atoms with Crippen LogP contribution in [0.5, 0.6) is 5.75 Å². The second-order valence-electron chi connectivity index (χ2n) is 6.97. The molecule has 6 nitrogen and oxygen atoms in total. The van der Waals surface area contributed by atoms with E-state index in [0.29, 0.717) is 22.9 Å². The van der Waals surface area contributed by atoms with Crippen molar-refractivity contribution in [2.24, 2.45) is 0 Å². The van der Waals surface area contributed by atoms with E-state index >= 15 is 0 Å². The fourth-order valence-electron chi connectivity index (χ4n) is 3.57. The van der Waals surface area contributed by atoms with Crippen molar-refractivity contribution >= 4 is 34.1 Å². The minimum Gasteiger partial charge on any atom is -0.491 e. The Morgan fingerprint density at radius 3 is 2.75 bits per heavy atom. The molecule has 28 heavy (non-hydrogen) atoms. The van der Waals surface area contributed by atoms with Crippen LogP contribution in [0.4, 0.5) is 5.82 Å². The maximum atomic E-state index is 11.7. The molecular weight excluding hydrogens is 376 g/mol. The molecule has 0 bridgehead atoms. The van der Waals surface area contributed by atoms with E-state index in [4.69, 9.17) is 16.3 Å². The van der Waals surface area contributed by atoms with Crippen molar-refractivity contribution in [3.8, 4) is 5.75 Å². The number of benzene rings is 2. The number of ketones is 1. The predicted molar refractivity (Wildman–Crippen MR) is 112 cm³/mol. The summed E-state index contributed by atoms with van der Waals surface area (Å²) in [5.74, 6) is 1.67. The monoisotopic (exact) mass is 398 g/mol. The Kier molecular flexibility index (Phi) is 5.50. The third-order valence-electron chi connectivity index (χ3n) is 5.11. The lowest BCUT2D eigenvalue weighted by Gasteiger charge is -2.34. The van der Waals surface area contributed by atoms with Crippen molar-refractivity contribution < 1.29 is 9.53 Å². The number of H-pyrrole nitrogens is 1. The van der Waals surface area contributed by atoms with Crippen LogP contribution in [0.25, 0.3) is 10.9 Å². The third-order valence-corrected chi connectivity index (χ3v) is 5.34. The molecule has 0 saturated carbocycles. The Morgan fingerprint density at radius 1 is 1.18 bits per heavy atom. The number of aromatic amines is 1. The fourth-order valence-corrected chi connectivity index (χ4v) is 3.74. The van der Waals surface area contributed by atoms with Crippen LogP contribution in [0.15, 0.2) is 42.5 Å². The minimum absolute atomic E-state index is 0.0248. The van der Waals surface area contributed by atoms with Gasteiger partial charge in [-0.2, -0.15) is 5.10 Å². The lowest BCUT2D eigenvalue weighted by Crippen LogP contribution is -2.47. The van der Waals surface area contributed by atoms with Gasteiger partial charge in [0.15, 0.2) is 11.6 Å². The topological polar surface area (TPSA) is 61.5 Å². The van der Waals surface area contributed by atoms with Crippen molar-refractivity contribution in [3.63, 3.8) is 0 Å². The lowest BCUT2D eigenvalue weighted by atomic mass is 10.1. The van der Waals surface area contributed by atoms with Gasteiger partial charge in [-0.05, 0) is 37.3 Å². The Balaban J connectivity index is 1.30. The Labute approximate surface area is 169 Å². The highest BCUT2D eigenvalue weighted by Gasteiger charge is 2.20. The Bertz CT molecular complexity index is 979. The molecule has 0 atom stereocenters. The number of ether oxygens (including phenoxy) is 1. The van der Waals surface area contributed by atoms with Crippen LogP contribution >= 0.6 is 11.6 Å². The van der Waals surface area contributed by atoms with E-state index < -0.39 is 0 Å². The van der Waals surface area contributed by atoms with Gasteiger partial charge in [0, 0.05) is 43.1 Å². The van der Waals surface area contributed by atoms with Crippen molar-refractivity contribution in [2.45, 2.75) is 6.92 Å². The molecule has 0 radical (unpaired) electrons. The molecule has 0 amide bonds. The molecule has 2 aromatic carbocycles. The zero-order valence-electron chi connectivity index (χ0n) is 15.8. The Morgan fingerprint density at radius 2 is 1.96 bits per heavy atom. The molecule has 1 fully saturated rings. The molecule has 1 aliphatic rings. The number of hydrogen-bond acceptors (Lipinski definition) is 5. The molecule has 1 aromatic heterocycles. The van der Waals surface area contributed by atoms with E-state index in [1.165, 1.54) is 0 Å². The summed E-state index contributed by atoms with van der Waals surface area (Å²) in [4.78, 5) is 16.4. The first-order chi connectivity index (χ1) is 13.6. The van der Waals surface area contributed by atoms with Crippen LogP contribution in [-0.4, -0.2) is 60.2 Å². The summed E-state index contributed by atoms with van der Waals surface area (Å²) >= 11 is 6.05. The van der Waals surface area contributed by atoms with Gasteiger partial charge in [0.25, 0.3) is 0 Å². The lowest BCUT2D eigenvalue weighted by molar-refractivity contribution is 0.101. The summed E-state index contributed by atoms with van der Waals surface area (Å²) in [5, 5.41) is 9.35. The number of aromatic nitrogens is 2. The second-order valence-corrected chi connectivity index (χ2v) is 7.40. The van der Waals surface area contributed by atoms with E-state index in [2.05, 4.69) is 20.0 Å². The highest BCUT2D eigenvalue weighted by Crippen LogP contribution is 2.27. The number of hydrogen-bond donors (Lipinski definition) is 1. The van der Waals surface area contributed by atoms with Gasteiger partial charge in [0.2, 0.25) is 0 Å². The van der Waals surface area contributed by atoms with E-state index in [0.717, 1.165) is 49.4 Å². The van der Waals surface area contributed by atoms with Gasteiger partial charge in [-0.25, -0.2) is 0 Å². The summed E-state index contributed by atoms with van der Waals surface area (Å²) < 4.78 is 5.86. The molecule has 7 heteroatoms. The number of carbonyl (C=O) groups is 1. The first kappa shape index (κ1) is 18.8. The molecule has 0 aliphatic carbocycles. The van der Waals surface area contributed by atoms with E-state index in [-0.39, 0.29) is 5.78 Å². The minimum atomic E-state index is 0.0248. The fraction of sp³-hybridized carbons (Fsp3) is 0.333. The third kappa shape index (κ3) is 3.98. The molecule has 2 heterocycles. The molecule has 0 spiro atoms. The maximum absolute atomic E-state index is 11.7. The van der Waals surface area contributed by atoms with Crippen LogP contribution in [0.3, 0.4) is 0 Å². The number of anilines is 1. The number of rotatable bonds is 6. The highest BCUT2D eigenvalue weighted by atomic mass is 35.5. The van der Waals surface area contributed by atoms with E-state index in [1.54, 1.807) is 13.0 Å². The van der Waals surface area contributed by atoms with Crippen LogP contribution in [0, 0.1) is 0 Å². The smallest absolute Gasteiger partial charge is 0.163 e. The van der Waals surface area contributed by atoms with Gasteiger partial charge in [-0.3, -0.25) is 14.8 Å². The van der Waals surface area contributed by atoms with Crippen LogP contribution < -0.4 is 9.64 Å². The zero-order chi connectivity index (χ0) is 19.5. The number of nitrogens with one attached hydrogen (secondary N) is 1. The van der Waals surface area contributed by atoms with Crippen LogP contribution in [-0.2, 0) is 0 Å². The zero-order valence-corrected chi connectivity index (χ0v) is 16.6. The second kappa shape index (κ2) is 8.20. The Hall–Kier alpha value is -2.57. The number of halogens is 1. The molecule has 1 saturated heterocycles. The number of Topliss-reactive ketones (excluding diaryl/α,β-unsaturated/α-hetero) is 1. The van der Waals surface area contributed by atoms with Crippen LogP contribution in [0.2, 0.25) is 5.02 Å². The summed E-state index contributed by atoms with van der Waals surface area (Å²) in [5.41, 5.74) is 1.60. The molecule has 0 unspecified atom stereocenters. The van der Waals surface area contributed by atoms with Crippen LogP contribution in [0.1, 0.15) is 17.3 Å². The van der Waals surface area contributed by atoms with E-state index in [1.807, 2.05) is 36.4 Å². The quantitative estimate of drug-likeness (QED) is 0.642. The van der Waals surface area contributed by atoms with Gasteiger partial charge in [0.1, 0.15) is 12.4 Å². The average molecular weight is 399 g/mol. The van der Waals surface area contributed by atoms with E-state index in [9.17, 15) is 4.79 Å². The summed E-state index contributed by atoms with van der Waals surface area (Å²) in [6.07, 6.45) is 0. The first-order valence-corrected chi connectivity index (χ1v) is 9.83. The average Bonchev–Trinajstić information content (AvgIpc) is 3.12.